The fourth-order valence-electron chi connectivity index (χ4n) is 0.563. The van der Waals surface area contributed by atoms with Crippen LogP contribution in [0.25, 0.3) is 0 Å². The molecule has 0 heterocycles. The molecule has 6 heteroatoms. The van der Waals surface area contributed by atoms with Crippen molar-refractivity contribution in [2.45, 2.75) is 20.8 Å². The van der Waals surface area contributed by atoms with Crippen molar-refractivity contribution in [3.05, 3.63) is 0 Å². The Hall–Kier alpha value is -0.380. The van der Waals surface area contributed by atoms with Crippen LogP contribution in [0, 0.1) is 0 Å². The third-order valence-electron chi connectivity index (χ3n) is 0.907. The summed E-state index contributed by atoms with van der Waals surface area (Å²) in [7, 11) is -3.18. The Bertz CT molecular complexity index is 174. The molecule has 0 saturated heterocycles. The van der Waals surface area contributed by atoms with E-state index in [1.54, 1.807) is 20.8 Å². The molecule has 0 aliphatic heterocycles. The molecule has 12 heavy (non-hydrogen) atoms. The topological polar surface area (TPSA) is 59.9 Å². The van der Waals surface area contributed by atoms with Crippen molar-refractivity contribution in [3.63, 3.8) is 0 Å². The largest absolute Gasteiger partial charge is 0.448 e. The van der Waals surface area contributed by atoms with E-state index in [2.05, 4.69) is 10.3 Å². The Morgan fingerprint density at radius 3 is 2.25 bits per heavy atom. The second-order valence-corrected chi connectivity index (χ2v) is 3.53. The van der Waals surface area contributed by atoms with Crippen molar-refractivity contribution in [2.75, 3.05) is 13.2 Å². The summed E-state index contributed by atoms with van der Waals surface area (Å²) in [5.41, 5.74) is 0. The van der Waals surface area contributed by atoms with Crippen LogP contribution in [-0.2, 0) is 13.6 Å². The summed E-state index contributed by atoms with van der Waals surface area (Å²) in [4.78, 5) is 0. The Kier molecular flexibility index (Phi) is 5.98. The molecule has 0 rings (SSSR count). The zero-order valence-electron chi connectivity index (χ0n) is 7.61. The van der Waals surface area contributed by atoms with Crippen molar-refractivity contribution in [1.82, 2.24) is 5.20 Å². The summed E-state index contributed by atoms with van der Waals surface area (Å²) in [5.74, 6) is 0. The van der Waals surface area contributed by atoms with E-state index in [0.717, 1.165) is 0 Å². The summed E-state index contributed by atoms with van der Waals surface area (Å²) < 4.78 is 21.3. The third kappa shape index (κ3) is 4.49. The molecule has 0 radical (unpaired) electrons. The molecular formula is C6H15N2O3P. The van der Waals surface area contributed by atoms with Gasteiger partial charge < -0.3 is 0 Å². The minimum Gasteiger partial charge on any atom is -0.292 e. The lowest BCUT2D eigenvalue weighted by molar-refractivity contribution is 0.211. The first kappa shape index (κ1) is 11.6. The lowest BCUT2D eigenvalue weighted by Crippen LogP contribution is -2.08. The van der Waals surface area contributed by atoms with Gasteiger partial charge in [-0.05, 0) is 20.8 Å². The zero-order valence-corrected chi connectivity index (χ0v) is 8.51. The van der Waals surface area contributed by atoms with Crippen LogP contribution in [0.5, 0.6) is 0 Å². The highest BCUT2D eigenvalue weighted by atomic mass is 31.2. The van der Waals surface area contributed by atoms with Gasteiger partial charge >= 0.3 is 7.75 Å². The van der Waals surface area contributed by atoms with E-state index in [1.807, 2.05) is 0 Å². The predicted molar refractivity (Wildman–Crippen MR) is 48.2 cm³/mol. The van der Waals surface area contributed by atoms with Crippen molar-refractivity contribution in [3.8, 4) is 0 Å². The molecule has 0 aromatic heterocycles. The monoisotopic (exact) mass is 194 g/mol. The summed E-state index contributed by atoms with van der Waals surface area (Å²) in [6.45, 7) is 5.83. The van der Waals surface area contributed by atoms with Crippen LogP contribution in [-0.4, -0.2) is 19.4 Å². The van der Waals surface area contributed by atoms with Gasteiger partial charge in [-0.2, -0.15) is 5.10 Å². The standard InChI is InChI=1S/C6H15N2O3P/c1-4-7-8-12(9,10-5-2)11-6-3/h4H,5-6H2,1-3H3,(H,8,9)/b7-4+. The Balaban J connectivity index is 4.08. The maximum Gasteiger partial charge on any atom is 0.448 e. The minimum atomic E-state index is -3.18. The number of hydrogen-bond donors (Lipinski definition) is 1. The van der Waals surface area contributed by atoms with E-state index in [1.165, 1.54) is 6.21 Å². The molecule has 0 unspecified atom stereocenters. The van der Waals surface area contributed by atoms with Crippen molar-refractivity contribution in [2.24, 2.45) is 5.10 Å². The number of nitrogens with one attached hydrogen (secondary N) is 1. The normalized spacial score (nSPS) is 12.2. The molecule has 0 aromatic rings. The second kappa shape index (κ2) is 6.17. The first-order chi connectivity index (χ1) is 5.68. The molecular weight excluding hydrogens is 179 g/mol. The molecule has 1 N–H and O–H groups in total. The molecule has 0 aliphatic rings. The van der Waals surface area contributed by atoms with Gasteiger partial charge in [0.2, 0.25) is 0 Å². The van der Waals surface area contributed by atoms with Gasteiger partial charge in [0.25, 0.3) is 0 Å². The quantitative estimate of drug-likeness (QED) is 0.397. The van der Waals surface area contributed by atoms with E-state index >= 15 is 0 Å². The van der Waals surface area contributed by atoms with Crippen LogP contribution >= 0.6 is 7.75 Å². The summed E-state index contributed by atoms with van der Waals surface area (Å²) in [6.07, 6.45) is 1.48. The molecule has 72 valence electrons. The molecule has 0 aliphatic carbocycles. The maximum atomic E-state index is 11.5. The lowest BCUT2D eigenvalue weighted by Gasteiger charge is -2.14. The Morgan fingerprint density at radius 2 is 1.92 bits per heavy atom. The zero-order chi connectivity index (χ0) is 9.45. The molecule has 0 fully saturated rings. The SMILES string of the molecule is C/C=N/NP(=O)(OCC)OCC. The summed E-state index contributed by atoms with van der Waals surface area (Å²) in [6, 6.07) is 0. The highest BCUT2D eigenvalue weighted by molar-refractivity contribution is 7.51. The van der Waals surface area contributed by atoms with Gasteiger partial charge in [-0.25, -0.2) is 9.76 Å². The molecule has 0 amide bonds. The third-order valence-corrected chi connectivity index (χ3v) is 2.46. The number of rotatable bonds is 6. The van der Waals surface area contributed by atoms with E-state index < -0.39 is 7.75 Å². The average molecular weight is 194 g/mol. The van der Waals surface area contributed by atoms with Gasteiger partial charge in [0, 0.05) is 6.21 Å². The van der Waals surface area contributed by atoms with Crippen molar-refractivity contribution >= 4 is 14.0 Å². The average Bonchev–Trinajstić information content (AvgIpc) is 2.02. The van der Waals surface area contributed by atoms with Gasteiger partial charge in [-0.3, -0.25) is 9.05 Å². The molecule has 0 bridgehead atoms. The fourth-order valence-corrected chi connectivity index (χ4v) is 1.69. The molecule has 0 spiro atoms. The molecule has 5 nitrogen and oxygen atoms in total. The molecule has 0 saturated carbocycles. The van der Waals surface area contributed by atoms with Gasteiger partial charge in [0.05, 0.1) is 13.2 Å². The van der Waals surface area contributed by atoms with Crippen LogP contribution in [0.1, 0.15) is 20.8 Å². The van der Waals surface area contributed by atoms with Crippen molar-refractivity contribution in [1.29, 1.82) is 0 Å². The van der Waals surface area contributed by atoms with E-state index in [9.17, 15) is 4.57 Å². The first-order valence-corrected chi connectivity index (χ1v) is 5.36. The predicted octanol–water partition coefficient (Wildman–Crippen LogP) is 1.76. The maximum absolute atomic E-state index is 11.5. The molecule has 0 aromatic carbocycles. The molecule has 0 atom stereocenters. The Morgan fingerprint density at radius 1 is 1.42 bits per heavy atom. The number of nitrogens with zero attached hydrogens (tertiary/aromatic N) is 1. The number of hydrogen-bond acceptors (Lipinski definition) is 4. The van der Waals surface area contributed by atoms with Gasteiger partial charge in [-0.15, -0.1) is 0 Å². The smallest absolute Gasteiger partial charge is 0.292 e. The lowest BCUT2D eigenvalue weighted by atomic mass is 10.9. The van der Waals surface area contributed by atoms with Crippen LogP contribution in [0.15, 0.2) is 5.10 Å². The van der Waals surface area contributed by atoms with Gasteiger partial charge in [0.1, 0.15) is 0 Å². The van der Waals surface area contributed by atoms with Gasteiger partial charge in [-0.1, -0.05) is 0 Å². The van der Waals surface area contributed by atoms with Gasteiger partial charge in [0.15, 0.2) is 0 Å². The van der Waals surface area contributed by atoms with Crippen LogP contribution in [0.4, 0.5) is 0 Å². The van der Waals surface area contributed by atoms with Crippen LogP contribution < -0.4 is 5.20 Å². The second-order valence-electron chi connectivity index (χ2n) is 1.82. The van der Waals surface area contributed by atoms with Crippen LogP contribution in [0.2, 0.25) is 0 Å². The van der Waals surface area contributed by atoms with E-state index in [4.69, 9.17) is 9.05 Å². The highest BCUT2D eigenvalue weighted by Gasteiger charge is 2.21. The summed E-state index contributed by atoms with van der Waals surface area (Å²) in [5, 5.41) is 5.92. The van der Waals surface area contributed by atoms with Crippen LogP contribution in [0.3, 0.4) is 0 Å². The number of hydrazone groups is 1. The van der Waals surface area contributed by atoms with E-state index in [0.29, 0.717) is 13.2 Å². The summed E-state index contributed by atoms with van der Waals surface area (Å²) >= 11 is 0. The van der Waals surface area contributed by atoms with Crippen molar-refractivity contribution < 1.29 is 13.6 Å². The highest BCUT2D eigenvalue weighted by Crippen LogP contribution is 2.43. The Labute approximate surface area is 72.7 Å². The van der Waals surface area contributed by atoms with E-state index in [-0.39, 0.29) is 0 Å². The first-order valence-electron chi connectivity index (χ1n) is 3.82. The fraction of sp³-hybridized carbons (Fsp3) is 0.833. The minimum absolute atomic E-state index is 0.323.